The number of nitrogens with one attached hydrogen (secondary N) is 1. The molecule has 2 aromatic carbocycles. The average molecular weight is 423 g/mol. The maximum Gasteiger partial charge on any atom is 0.416 e. The number of aromatic amines is 1. The third-order valence-corrected chi connectivity index (χ3v) is 4.92. The number of aromatic nitrogens is 2. The number of benzene rings is 2. The lowest BCUT2D eigenvalue weighted by molar-refractivity contribution is -0.137. The van der Waals surface area contributed by atoms with Crippen LogP contribution in [0, 0.1) is 0 Å². The Morgan fingerprint density at radius 2 is 1.74 bits per heavy atom. The highest BCUT2D eigenvalue weighted by atomic mass is 19.4. The number of alkyl halides is 3. The van der Waals surface area contributed by atoms with Crippen LogP contribution in [0.3, 0.4) is 0 Å². The minimum Gasteiger partial charge on any atom is -0.366 e. The number of carbonyl (C=O) groups excluding carboxylic acids is 2. The minimum atomic E-state index is -4.42. The second-order valence-electron chi connectivity index (χ2n) is 7.03. The fourth-order valence-corrected chi connectivity index (χ4v) is 3.32. The topological polar surface area (TPSA) is 88.8 Å². The molecule has 0 unspecified atom stereocenters. The first-order valence-electron chi connectivity index (χ1n) is 9.30. The van der Waals surface area contributed by atoms with E-state index in [1.54, 1.807) is 36.4 Å². The zero-order valence-electron chi connectivity index (χ0n) is 16.0. The van der Waals surface area contributed by atoms with Gasteiger partial charge in [0.25, 0.3) is 5.91 Å². The van der Waals surface area contributed by atoms with Crippen LogP contribution in [0.1, 0.15) is 32.0 Å². The zero-order valence-corrected chi connectivity index (χ0v) is 16.0. The Labute approximate surface area is 174 Å². The molecular weight excluding hydrogens is 407 g/mol. The molecule has 0 radical (unpaired) electrons. The molecule has 5 nitrogen and oxygen atoms in total. The van der Waals surface area contributed by atoms with Crippen molar-refractivity contribution in [2.24, 2.45) is 5.73 Å². The van der Waals surface area contributed by atoms with Crippen molar-refractivity contribution in [2.45, 2.75) is 12.6 Å². The maximum atomic E-state index is 12.7. The van der Waals surface area contributed by atoms with Crippen molar-refractivity contribution < 1.29 is 22.8 Å². The highest BCUT2D eigenvalue weighted by Gasteiger charge is 2.30. The molecule has 2 aromatic heterocycles. The van der Waals surface area contributed by atoms with Gasteiger partial charge in [-0.1, -0.05) is 24.3 Å². The van der Waals surface area contributed by atoms with Gasteiger partial charge in [-0.3, -0.25) is 9.59 Å². The van der Waals surface area contributed by atoms with Crippen LogP contribution in [0.5, 0.6) is 0 Å². The lowest BCUT2D eigenvalue weighted by Gasteiger charge is -2.08. The van der Waals surface area contributed by atoms with Gasteiger partial charge >= 0.3 is 6.18 Å². The van der Waals surface area contributed by atoms with E-state index in [9.17, 15) is 22.8 Å². The van der Waals surface area contributed by atoms with E-state index in [2.05, 4.69) is 9.97 Å². The normalized spacial score (nSPS) is 11.6. The number of hydrogen-bond acceptors (Lipinski definition) is 3. The molecule has 0 aliphatic carbocycles. The van der Waals surface area contributed by atoms with Crippen molar-refractivity contribution in [3.63, 3.8) is 0 Å². The Balaban J connectivity index is 1.59. The van der Waals surface area contributed by atoms with Gasteiger partial charge in [0.1, 0.15) is 5.69 Å². The minimum absolute atomic E-state index is 0.0722. The molecule has 8 heteroatoms. The van der Waals surface area contributed by atoms with Crippen LogP contribution >= 0.6 is 0 Å². The number of fused-ring (bicyclic) bond motifs is 1. The molecule has 0 fully saturated rings. The van der Waals surface area contributed by atoms with Gasteiger partial charge in [0, 0.05) is 29.1 Å². The Bertz CT molecular complexity index is 1290. The van der Waals surface area contributed by atoms with Gasteiger partial charge in [0.05, 0.1) is 16.8 Å². The fourth-order valence-electron chi connectivity index (χ4n) is 3.32. The van der Waals surface area contributed by atoms with Gasteiger partial charge < -0.3 is 10.7 Å². The van der Waals surface area contributed by atoms with Crippen LogP contribution in [0.25, 0.3) is 22.2 Å². The molecule has 156 valence electrons. The van der Waals surface area contributed by atoms with Crippen molar-refractivity contribution in [2.75, 3.05) is 0 Å². The summed E-state index contributed by atoms with van der Waals surface area (Å²) in [4.78, 5) is 31.6. The van der Waals surface area contributed by atoms with Gasteiger partial charge in [0.15, 0.2) is 5.78 Å². The molecule has 0 saturated heterocycles. The molecular formula is C23H16F3N3O2. The number of H-pyrrole nitrogens is 1. The van der Waals surface area contributed by atoms with Crippen LogP contribution < -0.4 is 5.73 Å². The van der Waals surface area contributed by atoms with E-state index in [0.717, 1.165) is 17.6 Å². The van der Waals surface area contributed by atoms with E-state index in [1.807, 2.05) is 0 Å². The summed E-state index contributed by atoms with van der Waals surface area (Å²) in [6, 6.07) is 14.8. The summed E-state index contributed by atoms with van der Waals surface area (Å²) in [5.74, 6) is -0.876. The molecule has 0 bridgehead atoms. The Kier molecular flexibility index (Phi) is 5.06. The number of hydrogen-bond donors (Lipinski definition) is 2. The van der Waals surface area contributed by atoms with Crippen LogP contribution in [0.4, 0.5) is 13.2 Å². The van der Waals surface area contributed by atoms with Gasteiger partial charge in [0.2, 0.25) is 0 Å². The zero-order chi connectivity index (χ0) is 22.2. The number of nitrogens with zero attached hydrogens (tertiary/aromatic N) is 1. The van der Waals surface area contributed by atoms with Gasteiger partial charge in [-0.05, 0) is 42.0 Å². The van der Waals surface area contributed by atoms with E-state index < -0.39 is 17.6 Å². The Morgan fingerprint density at radius 3 is 2.42 bits per heavy atom. The number of ketones is 1. The van der Waals surface area contributed by atoms with Crippen molar-refractivity contribution >= 4 is 22.6 Å². The SMILES string of the molecule is NC(=O)c1c[nH]c2ccc(-c3cccc(C(=O)Cc4ccc(C(F)(F)F)cc4)n3)cc12. The van der Waals surface area contributed by atoms with Crippen molar-refractivity contribution in [3.8, 4) is 11.3 Å². The first-order chi connectivity index (χ1) is 14.7. The highest BCUT2D eigenvalue weighted by Crippen LogP contribution is 2.29. The maximum absolute atomic E-state index is 12.7. The number of rotatable bonds is 5. The molecule has 3 N–H and O–H groups in total. The summed E-state index contributed by atoms with van der Waals surface area (Å²) >= 11 is 0. The molecule has 4 aromatic rings. The third-order valence-electron chi connectivity index (χ3n) is 4.92. The van der Waals surface area contributed by atoms with E-state index >= 15 is 0 Å². The smallest absolute Gasteiger partial charge is 0.366 e. The summed E-state index contributed by atoms with van der Waals surface area (Å²) < 4.78 is 38.1. The summed E-state index contributed by atoms with van der Waals surface area (Å²) in [6.07, 6.45) is -2.96. The summed E-state index contributed by atoms with van der Waals surface area (Å²) in [5.41, 5.74) is 7.61. The van der Waals surface area contributed by atoms with Crippen LogP contribution in [0.15, 0.2) is 66.9 Å². The molecule has 4 rings (SSSR count). The standard InChI is InChI=1S/C23H16F3N3O2/c24-23(25,26)15-7-4-13(5-8-15)10-21(30)20-3-1-2-18(29-20)14-6-9-19-16(11-14)17(12-28-19)22(27)31/h1-9,11-12,28H,10H2,(H2,27,31). The summed E-state index contributed by atoms with van der Waals surface area (Å²) in [6.45, 7) is 0. The third kappa shape index (κ3) is 4.18. The van der Waals surface area contributed by atoms with E-state index in [1.165, 1.54) is 18.3 Å². The number of halogens is 3. The predicted octanol–water partition coefficient (Wildman–Crippen LogP) is 4.77. The van der Waals surface area contributed by atoms with Gasteiger partial charge in [-0.15, -0.1) is 0 Å². The number of carbonyl (C=O) groups is 2. The predicted molar refractivity (Wildman–Crippen MR) is 110 cm³/mol. The lowest BCUT2D eigenvalue weighted by atomic mass is 10.0. The lowest BCUT2D eigenvalue weighted by Crippen LogP contribution is -2.09. The van der Waals surface area contributed by atoms with Gasteiger partial charge in [-0.2, -0.15) is 13.2 Å². The molecule has 0 atom stereocenters. The molecule has 0 spiro atoms. The van der Waals surface area contributed by atoms with Crippen molar-refractivity contribution in [1.29, 1.82) is 0 Å². The van der Waals surface area contributed by atoms with Crippen molar-refractivity contribution in [3.05, 3.63) is 89.2 Å². The number of Topliss-reactive ketones (excluding diaryl/α,β-unsaturated/α-hetero) is 1. The second kappa shape index (κ2) is 7.71. The van der Waals surface area contributed by atoms with E-state index in [0.29, 0.717) is 27.8 Å². The Hall–Kier alpha value is -3.94. The monoisotopic (exact) mass is 423 g/mol. The average Bonchev–Trinajstić information content (AvgIpc) is 3.17. The molecule has 2 heterocycles. The molecule has 1 amide bonds. The van der Waals surface area contributed by atoms with Crippen LogP contribution in [-0.4, -0.2) is 21.7 Å². The number of nitrogens with two attached hydrogens (primary N) is 1. The summed E-state index contributed by atoms with van der Waals surface area (Å²) in [7, 11) is 0. The molecule has 0 aliphatic heterocycles. The highest BCUT2D eigenvalue weighted by molar-refractivity contribution is 6.07. The van der Waals surface area contributed by atoms with E-state index in [-0.39, 0.29) is 17.9 Å². The number of amides is 1. The molecule has 0 saturated carbocycles. The molecule has 31 heavy (non-hydrogen) atoms. The van der Waals surface area contributed by atoms with Crippen LogP contribution in [-0.2, 0) is 12.6 Å². The van der Waals surface area contributed by atoms with Crippen molar-refractivity contribution in [1.82, 2.24) is 9.97 Å². The fraction of sp³-hybridized carbons (Fsp3) is 0.0870. The van der Waals surface area contributed by atoms with Crippen LogP contribution in [0.2, 0.25) is 0 Å². The second-order valence-corrected chi connectivity index (χ2v) is 7.03. The van der Waals surface area contributed by atoms with Gasteiger partial charge in [-0.25, -0.2) is 4.98 Å². The number of primary amides is 1. The summed E-state index contributed by atoms with van der Waals surface area (Å²) in [5, 5.41) is 0.647. The number of pyridine rings is 1. The first-order valence-corrected chi connectivity index (χ1v) is 9.30. The van der Waals surface area contributed by atoms with E-state index in [4.69, 9.17) is 5.73 Å². The molecule has 0 aliphatic rings. The quantitative estimate of drug-likeness (QED) is 0.453. The largest absolute Gasteiger partial charge is 0.416 e. The first kappa shape index (κ1) is 20.3. The Morgan fingerprint density at radius 1 is 1.00 bits per heavy atom.